The number of rotatable bonds is 2. The molecule has 0 spiro atoms. The van der Waals surface area contributed by atoms with Gasteiger partial charge in [0.2, 0.25) is 0 Å². The number of phenols is 2. The van der Waals surface area contributed by atoms with Crippen molar-refractivity contribution >= 4 is 5.97 Å². The fourth-order valence-corrected chi connectivity index (χ4v) is 2.84. The van der Waals surface area contributed by atoms with Crippen LogP contribution in [0.15, 0.2) is 30.3 Å². The van der Waals surface area contributed by atoms with E-state index in [0.717, 1.165) is 11.1 Å². The van der Waals surface area contributed by atoms with Gasteiger partial charge in [0.25, 0.3) is 0 Å². The second-order valence-electron chi connectivity index (χ2n) is 5.28. The molecule has 22 heavy (non-hydrogen) atoms. The van der Waals surface area contributed by atoms with E-state index >= 15 is 0 Å². The van der Waals surface area contributed by atoms with Crippen molar-refractivity contribution < 1.29 is 24.5 Å². The van der Waals surface area contributed by atoms with E-state index in [2.05, 4.69) is 0 Å². The Balaban J connectivity index is 2.16. The maximum Gasteiger partial charge on any atom is 0.312 e. The number of hydrogen-bond acceptors (Lipinski definition) is 5. The van der Waals surface area contributed by atoms with E-state index in [1.54, 1.807) is 25.1 Å². The average Bonchev–Trinajstić information content (AvgIpc) is 2.50. The van der Waals surface area contributed by atoms with E-state index in [-0.39, 0.29) is 29.8 Å². The molecule has 0 saturated carbocycles. The number of fused-ring (bicyclic) bond motifs is 1. The zero-order valence-electron chi connectivity index (χ0n) is 12.3. The first-order chi connectivity index (χ1) is 10.5. The van der Waals surface area contributed by atoms with Crippen LogP contribution in [0.4, 0.5) is 0 Å². The van der Waals surface area contributed by atoms with Crippen LogP contribution in [-0.4, -0.2) is 23.3 Å². The highest BCUT2D eigenvalue weighted by molar-refractivity contribution is 5.78. The fourth-order valence-electron chi connectivity index (χ4n) is 2.84. The van der Waals surface area contributed by atoms with Gasteiger partial charge in [-0.25, -0.2) is 0 Å². The lowest BCUT2D eigenvalue weighted by atomic mass is 9.83. The van der Waals surface area contributed by atoms with Crippen LogP contribution in [-0.2, 0) is 4.79 Å². The van der Waals surface area contributed by atoms with Crippen molar-refractivity contribution in [3.8, 4) is 23.0 Å². The van der Waals surface area contributed by atoms with Crippen molar-refractivity contribution in [1.82, 2.24) is 0 Å². The maximum atomic E-state index is 11.9. The summed E-state index contributed by atoms with van der Waals surface area (Å²) in [6.45, 7) is 1.79. The third kappa shape index (κ3) is 2.24. The van der Waals surface area contributed by atoms with Gasteiger partial charge in [0.05, 0.1) is 13.5 Å². The Morgan fingerprint density at radius 3 is 2.64 bits per heavy atom. The average molecular weight is 300 g/mol. The lowest BCUT2D eigenvalue weighted by molar-refractivity contribution is -0.135. The molecule has 1 aliphatic heterocycles. The summed E-state index contributed by atoms with van der Waals surface area (Å²) < 4.78 is 10.4. The van der Waals surface area contributed by atoms with Crippen molar-refractivity contribution in [1.29, 1.82) is 0 Å². The number of carbonyl (C=O) groups excluding carboxylic acids is 1. The summed E-state index contributed by atoms with van der Waals surface area (Å²) in [5.41, 5.74) is 2.29. The molecule has 2 aromatic carbocycles. The van der Waals surface area contributed by atoms with Gasteiger partial charge in [-0.1, -0.05) is 6.07 Å². The number of benzene rings is 2. The SMILES string of the molecule is COc1cc([C@H]2CC(=O)Oc3ccc(O)c(C)c32)ccc1O. The molecule has 0 unspecified atom stereocenters. The van der Waals surface area contributed by atoms with E-state index in [4.69, 9.17) is 9.47 Å². The Morgan fingerprint density at radius 2 is 1.91 bits per heavy atom. The summed E-state index contributed by atoms with van der Waals surface area (Å²) in [5.74, 6) is 0.428. The Hall–Kier alpha value is -2.69. The van der Waals surface area contributed by atoms with E-state index in [1.807, 2.05) is 0 Å². The summed E-state index contributed by atoms with van der Waals surface area (Å²) in [4.78, 5) is 11.9. The van der Waals surface area contributed by atoms with Gasteiger partial charge in [-0.15, -0.1) is 0 Å². The highest BCUT2D eigenvalue weighted by Gasteiger charge is 2.31. The largest absolute Gasteiger partial charge is 0.508 e. The molecule has 0 radical (unpaired) electrons. The number of carbonyl (C=O) groups is 1. The van der Waals surface area contributed by atoms with Crippen LogP contribution in [0.1, 0.15) is 29.0 Å². The molecular formula is C17H16O5. The molecule has 0 aliphatic carbocycles. The zero-order chi connectivity index (χ0) is 15.9. The predicted molar refractivity (Wildman–Crippen MR) is 79.6 cm³/mol. The van der Waals surface area contributed by atoms with Crippen molar-refractivity contribution in [3.05, 3.63) is 47.0 Å². The van der Waals surface area contributed by atoms with Crippen LogP contribution in [0.25, 0.3) is 0 Å². The minimum absolute atomic E-state index is 0.0393. The Kier molecular flexibility index (Phi) is 3.41. The third-order valence-electron chi connectivity index (χ3n) is 4.00. The van der Waals surface area contributed by atoms with E-state index < -0.39 is 0 Å². The van der Waals surface area contributed by atoms with Crippen molar-refractivity contribution in [2.45, 2.75) is 19.3 Å². The van der Waals surface area contributed by atoms with Gasteiger partial charge in [0, 0.05) is 11.5 Å². The normalized spacial score (nSPS) is 16.8. The quantitative estimate of drug-likeness (QED) is 0.659. The monoisotopic (exact) mass is 300 g/mol. The second kappa shape index (κ2) is 5.26. The molecular weight excluding hydrogens is 284 g/mol. The minimum Gasteiger partial charge on any atom is -0.508 e. The van der Waals surface area contributed by atoms with Crippen LogP contribution >= 0.6 is 0 Å². The van der Waals surface area contributed by atoms with E-state index in [9.17, 15) is 15.0 Å². The molecule has 1 aliphatic rings. The van der Waals surface area contributed by atoms with E-state index in [0.29, 0.717) is 17.1 Å². The second-order valence-corrected chi connectivity index (χ2v) is 5.28. The van der Waals surface area contributed by atoms with Gasteiger partial charge >= 0.3 is 5.97 Å². The van der Waals surface area contributed by atoms with Crippen LogP contribution in [0.2, 0.25) is 0 Å². The summed E-state index contributed by atoms with van der Waals surface area (Å²) in [6, 6.07) is 8.09. The van der Waals surface area contributed by atoms with Gasteiger partial charge in [-0.05, 0) is 42.3 Å². The number of methoxy groups -OCH3 is 1. The topological polar surface area (TPSA) is 76.0 Å². The van der Waals surface area contributed by atoms with Gasteiger partial charge in [0.15, 0.2) is 11.5 Å². The molecule has 114 valence electrons. The first-order valence-electron chi connectivity index (χ1n) is 6.91. The van der Waals surface area contributed by atoms with Crippen LogP contribution in [0.3, 0.4) is 0 Å². The van der Waals surface area contributed by atoms with Gasteiger partial charge in [0.1, 0.15) is 11.5 Å². The van der Waals surface area contributed by atoms with Crippen molar-refractivity contribution in [2.24, 2.45) is 0 Å². The number of phenolic OH excluding ortho intramolecular Hbond substituents is 2. The molecule has 0 fully saturated rings. The first-order valence-corrected chi connectivity index (χ1v) is 6.91. The standard InChI is InChI=1S/C17H16O5/c1-9-12(18)5-6-14-17(9)11(8-16(20)22-14)10-3-4-13(19)15(7-10)21-2/h3-7,11,18-19H,8H2,1-2H3/t11-/m1/s1. The molecule has 1 heterocycles. The fraction of sp³-hybridized carbons (Fsp3) is 0.235. The third-order valence-corrected chi connectivity index (χ3v) is 4.00. The number of esters is 1. The Bertz CT molecular complexity index is 751. The molecule has 2 N–H and O–H groups in total. The lowest BCUT2D eigenvalue weighted by Crippen LogP contribution is -2.22. The molecule has 5 heteroatoms. The zero-order valence-corrected chi connectivity index (χ0v) is 12.3. The predicted octanol–water partition coefficient (Wildman–Crippen LogP) is 2.86. The molecule has 5 nitrogen and oxygen atoms in total. The Labute approximate surface area is 127 Å². The molecule has 1 atom stereocenters. The first kappa shape index (κ1) is 14.3. The molecule has 3 rings (SSSR count). The lowest BCUT2D eigenvalue weighted by Gasteiger charge is -2.27. The van der Waals surface area contributed by atoms with Crippen molar-refractivity contribution in [2.75, 3.05) is 7.11 Å². The number of aromatic hydroxyl groups is 2. The van der Waals surface area contributed by atoms with Crippen LogP contribution < -0.4 is 9.47 Å². The highest BCUT2D eigenvalue weighted by atomic mass is 16.5. The van der Waals surface area contributed by atoms with E-state index in [1.165, 1.54) is 19.2 Å². The summed E-state index contributed by atoms with van der Waals surface area (Å²) in [5, 5.41) is 19.7. The van der Waals surface area contributed by atoms with Gasteiger partial charge in [-0.3, -0.25) is 4.79 Å². The molecule has 0 bridgehead atoms. The number of ether oxygens (including phenoxy) is 2. The summed E-state index contributed by atoms with van der Waals surface area (Å²) >= 11 is 0. The minimum atomic E-state index is -0.324. The summed E-state index contributed by atoms with van der Waals surface area (Å²) in [6.07, 6.45) is 0.172. The van der Waals surface area contributed by atoms with Crippen molar-refractivity contribution in [3.63, 3.8) is 0 Å². The number of hydrogen-bond donors (Lipinski definition) is 2. The summed E-state index contributed by atoms with van der Waals surface area (Å²) in [7, 11) is 1.47. The van der Waals surface area contributed by atoms with Crippen LogP contribution in [0, 0.1) is 6.92 Å². The molecule has 0 saturated heterocycles. The molecule has 0 amide bonds. The maximum absolute atomic E-state index is 11.9. The van der Waals surface area contributed by atoms with Gasteiger partial charge in [-0.2, -0.15) is 0 Å². The smallest absolute Gasteiger partial charge is 0.312 e. The molecule has 0 aromatic heterocycles. The molecule has 2 aromatic rings. The Morgan fingerprint density at radius 1 is 1.18 bits per heavy atom. The highest BCUT2D eigenvalue weighted by Crippen LogP contribution is 2.44. The van der Waals surface area contributed by atoms with Crippen LogP contribution in [0.5, 0.6) is 23.0 Å². The van der Waals surface area contributed by atoms with Gasteiger partial charge < -0.3 is 19.7 Å².